The molecule has 6 nitrogen and oxygen atoms in total. The van der Waals surface area contributed by atoms with Crippen LogP contribution in [0, 0.1) is 5.92 Å². The van der Waals surface area contributed by atoms with Crippen molar-refractivity contribution in [2.45, 2.75) is 19.4 Å². The number of amides is 3. The molecule has 0 aliphatic carbocycles. The van der Waals surface area contributed by atoms with E-state index in [2.05, 4.69) is 10.6 Å². The number of benzene rings is 1. The number of halogens is 1. The highest BCUT2D eigenvalue weighted by Crippen LogP contribution is 2.20. The fourth-order valence-corrected chi connectivity index (χ4v) is 3.04. The summed E-state index contributed by atoms with van der Waals surface area (Å²) in [7, 11) is 0. The minimum atomic E-state index is -0.170. The third-order valence-corrected chi connectivity index (χ3v) is 4.48. The lowest BCUT2D eigenvalue weighted by atomic mass is 9.96. The van der Waals surface area contributed by atoms with E-state index >= 15 is 0 Å². The van der Waals surface area contributed by atoms with Crippen molar-refractivity contribution in [3.05, 3.63) is 53.4 Å². The molecule has 25 heavy (non-hydrogen) atoms. The Hall–Kier alpha value is -2.47. The molecule has 0 bridgehead atoms. The molecule has 1 saturated heterocycles. The second-order valence-corrected chi connectivity index (χ2v) is 6.44. The third kappa shape index (κ3) is 4.76. The average molecular weight is 362 g/mol. The van der Waals surface area contributed by atoms with Crippen LogP contribution >= 0.6 is 11.6 Å². The summed E-state index contributed by atoms with van der Waals surface area (Å²) >= 11 is 5.92. The Bertz CT molecular complexity index is 725. The first-order chi connectivity index (χ1) is 12.1. The van der Waals surface area contributed by atoms with Gasteiger partial charge in [0.05, 0.1) is 12.8 Å². The Labute approximate surface area is 151 Å². The smallest absolute Gasteiger partial charge is 0.321 e. The lowest BCUT2D eigenvalue weighted by Crippen LogP contribution is -2.44. The Morgan fingerprint density at radius 3 is 2.68 bits per heavy atom. The molecule has 1 aliphatic heterocycles. The number of furan rings is 1. The van der Waals surface area contributed by atoms with E-state index in [1.807, 2.05) is 6.07 Å². The molecule has 3 rings (SSSR count). The largest absolute Gasteiger partial charge is 0.467 e. The van der Waals surface area contributed by atoms with E-state index in [9.17, 15) is 9.59 Å². The summed E-state index contributed by atoms with van der Waals surface area (Å²) < 4.78 is 5.20. The Morgan fingerprint density at radius 1 is 1.20 bits per heavy atom. The van der Waals surface area contributed by atoms with E-state index < -0.39 is 0 Å². The van der Waals surface area contributed by atoms with E-state index in [1.165, 1.54) is 0 Å². The fraction of sp³-hybridized carbons (Fsp3) is 0.333. The Balaban J connectivity index is 1.44. The number of nitrogens with zero attached hydrogens (tertiary/aromatic N) is 1. The van der Waals surface area contributed by atoms with Crippen molar-refractivity contribution in [2.75, 3.05) is 18.4 Å². The van der Waals surface area contributed by atoms with Crippen LogP contribution in [-0.2, 0) is 11.3 Å². The summed E-state index contributed by atoms with van der Waals surface area (Å²) in [5.74, 6) is 0.656. The van der Waals surface area contributed by atoms with Crippen LogP contribution in [0.1, 0.15) is 18.6 Å². The number of likely N-dealkylation sites (tertiary alicyclic amines) is 1. The van der Waals surface area contributed by atoms with Crippen LogP contribution in [0.15, 0.2) is 47.1 Å². The second kappa shape index (κ2) is 8.07. The van der Waals surface area contributed by atoms with Gasteiger partial charge in [0.2, 0.25) is 5.91 Å². The number of urea groups is 1. The Kier molecular flexibility index (Phi) is 5.60. The van der Waals surface area contributed by atoms with Crippen molar-refractivity contribution in [1.29, 1.82) is 0 Å². The zero-order chi connectivity index (χ0) is 17.6. The first-order valence-electron chi connectivity index (χ1n) is 8.23. The molecule has 2 N–H and O–H groups in total. The number of rotatable bonds is 4. The number of piperidine rings is 1. The quantitative estimate of drug-likeness (QED) is 0.875. The van der Waals surface area contributed by atoms with Crippen LogP contribution < -0.4 is 10.6 Å². The van der Waals surface area contributed by atoms with E-state index in [-0.39, 0.29) is 17.9 Å². The molecule has 0 atom stereocenters. The van der Waals surface area contributed by atoms with Gasteiger partial charge in [-0.25, -0.2) is 4.79 Å². The highest BCUT2D eigenvalue weighted by Gasteiger charge is 2.27. The molecule has 0 unspecified atom stereocenters. The van der Waals surface area contributed by atoms with Crippen LogP contribution in [-0.4, -0.2) is 29.9 Å². The average Bonchev–Trinajstić information content (AvgIpc) is 3.13. The van der Waals surface area contributed by atoms with Crippen molar-refractivity contribution in [2.24, 2.45) is 5.92 Å². The van der Waals surface area contributed by atoms with Crippen LogP contribution in [0.5, 0.6) is 0 Å². The fourth-order valence-electron chi connectivity index (χ4n) is 2.85. The zero-order valence-corrected chi connectivity index (χ0v) is 14.5. The molecule has 0 spiro atoms. The van der Waals surface area contributed by atoms with Crippen molar-refractivity contribution in [3.63, 3.8) is 0 Å². The maximum atomic E-state index is 12.3. The minimum Gasteiger partial charge on any atom is -0.467 e. The zero-order valence-electron chi connectivity index (χ0n) is 13.7. The number of anilines is 1. The number of carbonyl (C=O) groups is 2. The lowest BCUT2D eigenvalue weighted by molar-refractivity contribution is -0.126. The van der Waals surface area contributed by atoms with Crippen LogP contribution in [0.2, 0.25) is 5.02 Å². The molecule has 1 aromatic carbocycles. The highest BCUT2D eigenvalue weighted by molar-refractivity contribution is 6.30. The molecule has 2 heterocycles. The van der Waals surface area contributed by atoms with Gasteiger partial charge in [-0.2, -0.15) is 0 Å². The molecular formula is C18H20ClN3O3. The molecular weight excluding hydrogens is 342 g/mol. The standard InChI is InChI=1S/C18H20ClN3O3/c19-14-3-1-4-15(11-14)21-18(24)22-8-6-13(7-9-22)17(23)20-12-16-5-2-10-25-16/h1-5,10-11,13H,6-9,12H2,(H,20,23)(H,21,24). The molecule has 0 radical (unpaired) electrons. The van der Waals surface area contributed by atoms with Gasteiger partial charge in [0.1, 0.15) is 5.76 Å². The maximum absolute atomic E-state index is 12.3. The number of nitrogens with one attached hydrogen (secondary N) is 2. The topological polar surface area (TPSA) is 74.6 Å². The number of hydrogen-bond acceptors (Lipinski definition) is 3. The highest BCUT2D eigenvalue weighted by atomic mass is 35.5. The molecule has 2 aromatic rings. The summed E-state index contributed by atoms with van der Waals surface area (Å²) in [6, 6.07) is 10.5. The molecule has 1 aliphatic rings. The molecule has 132 valence electrons. The maximum Gasteiger partial charge on any atom is 0.321 e. The predicted octanol–water partition coefficient (Wildman–Crippen LogP) is 3.49. The summed E-state index contributed by atoms with van der Waals surface area (Å²) in [5.41, 5.74) is 0.663. The van der Waals surface area contributed by atoms with Gasteiger partial charge in [-0.05, 0) is 43.2 Å². The molecule has 1 fully saturated rings. The first kappa shape index (κ1) is 17.4. The predicted molar refractivity (Wildman–Crippen MR) is 95.3 cm³/mol. The lowest BCUT2D eigenvalue weighted by Gasteiger charge is -2.31. The Morgan fingerprint density at radius 2 is 2.00 bits per heavy atom. The molecule has 7 heteroatoms. The van der Waals surface area contributed by atoms with Gasteiger partial charge in [-0.3, -0.25) is 4.79 Å². The van der Waals surface area contributed by atoms with E-state index in [0.717, 1.165) is 5.76 Å². The van der Waals surface area contributed by atoms with Gasteiger partial charge in [-0.15, -0.1) is 0 Å². The summed E-state index contributed by atoms with van der Waals surface area (Å²) in [6.45, 7) is 1.48. The van der Waals surface area contributed by atoms with Crippen molar-refractivity contribution in [3.8, 4) is 0 Å². The van der Waals surface area contributed by atoms with Gasteiger partial charge >= 0.3 is 6.03 Å². The van der Waals surface area contributed by atoms with Crippen LogP contribution in [0.4, 0.5) is 10.5 Å². The van der Waals surface area contributed by atoms with Gasteiger partial charge in [0, 0.05) is 29.7 Å². The number of carbonyl (C=O) groups excluding carboxylic acids is 2. The molecule has 0 saturated carbocycles. The van der Waals surface area contributed by atoms with Gasteiger partial charge < -0.3 is 20.0 Å². The first-order valence-corrected chi connectivity index (χ1v) is 8.61. The minimum absolute atomic E-state index is 0.00583. The normalized spacial score (nSPS) is 15.0. The SMILES string of the molecule is O=C(NCc1ccco1)C1CCN(C(=O)Nc2cccc(Cl)c2)CC1. The van der Waals surface area contributed by atoms with E-state index in [4.69, 9.17) is 16.0 Å². The van der Waals surface area contributed by atoms with Crippen LogP contribution in [0.25, 0.3) is 0 Å². The second-order valence-electron chi connectivity index (χ2n) is 6.00. The van der Waals surface area contributed by atoms with Gasteiger partial charge in [0.25, 0.3) is 0 Å². The van der Waals surface area contributed by atoms with E-state index in [0.29, 0.717) is 43.2 Å². The van der Waals surface area contributed by atoms with Crippen LogP contribution in [0.3, 0.4) is 0 Å². The summed E-state index contributed by atoms with van der Waals surface area (Å²) in [5, 5.41) is 6.28. The number of hydrogen-bond donors (Lipinski definition) is 2. The van der Waals surface area contributed by atoms with Crippen molar-refractivity contribution < 1.29 is 14.0 Å². The van der Waals surface area contributed by atoms with Crippen molar-refractivity contribution >= 4 is 29.2 Å². The van der Waals surface area contributed by atoms with Gasteiger partial charge in [0.15, 0.2) is 0 Å². The monoisotopic (exact) mass is 361 g/mol. The molecule has 1 aromatic heterocycles. The molecule has 3 amide bonds. The van der Waals surface area contributed by atoms with E-state index in [1.54, 1.807) is 41.5 Å². The summed E-state index contributed by atoms with van der Waals surface area (Å²) in [6.07, 6.45) is 2.87. The van der Waals surface area contributed by atoms with Gasteiger partial charge in [-0.1, -0.05) is 17.7 Å². The third-order valence-electron chi connectivity index (χ3n) is 4.25. The summed E-state index contributed by atoms with van der Waals surface area (Å²) in [4.78, 5) is 26.2. The van der Waals surface area contributed by atoms with Crippen molar-refractivity contribution in [1.82, 2.24) is 10.2 Å².